The molecule has 0 bridgehead atoms. The predicted octanol–water partition coefficient (Wildman–Crippen LogP) is 1.52. The van der Waals surface area contributed by atoms with Gasteiger partial charge in [-0.2, -0.15) is 0 Å². The molecule has 1 aromatic carbocycles. The zero-order valence-corrected chi connectivity index (χ0v) is 8.14. The molecule has 0 aliphatic heterocycles. The Balaban J connectivity index is 2.65. The highest BCUT2D eigenvalue weighted by atomic mass is 16.1. The van der Waals surface area contributed by atoms with E-state index >= 15 is 0 Å². The zero-order valence-electron chi connectivity index (χ0n) is 8.14. The molecule has 3 heteroatoms. The van der Waals surface area contributed by atoms with E-state index in [1.165, 1.54) is 0 Å². The molecule has 0 saturated heterocycles. The van der Waals surface area contributed by atoms with Crippen LogP contribution in [0.5, 0.6) is 0 Å². The fraction of sp³-hybridized carbons (Fsp3) is 0.273. The van der Waals surface area contributed by atoms with Crippen LogP contribution in [-0.2, 0) is 4.79 Å². The van der Waals surface area contributed by atoms with Gasteiger partial charge in [0.15, 0.2) is 0 Å². The molecular formula is C11H13NO2. The summed E-state index contributed by atoms with van der Waals surface area (Å²) in [4.78, 5) is 22.5. The summed E-state index contributed by atoms with van der Waals surface area (Å²) in [5, 5.41) is 0. The Morgan fingerprint density at radius 3 is 2.36 bits per heavy atom. The number of anilines is 1. The summed E-state index contributed by atoms with van der Waals surface area (Å²) in [5.41, 5.74) is 1.68. The van der Waals surface area contributed by atoms with Gasteiger partial charge in [0.1, 0.15) is 12.6 Å². The summed E-state index contributed by atoms with van der Waals surface area (Å²) in [6, 6.07) is 7.27. The molecule has 0 radical (unpaired) electrons. The molecule has 0 aliphatic carbocycles. The van der Waals surface area contributed by atoms with Crippen LogP contribution in [0.3, 0.4) is 0 Å². The molecule has 0 amide bonds. The lowest BCUT2D eigenvalue weighted by Crippen LogP contribution is -2.18. The summed E-state index contributed by atoms with van der Waals surface area (Å²) >= 11 is 0. The van der Waals surface area contributed by atoms with Crippen LogP contribution in [0.1, 0.15) is 16.8 Å². The molecule has 3 nitrogen and oxygen atoms in total. The van der Waals surface area contributed by atoms with Gasteiger partial charge in [0.25, 0.3) is 0 Å². The van der Waals surface area contributed by atoms with Crippen molar-refractivity contribution in [2.75, 3.05) is 18.5 Å². The van der Waals surface area contributed by atoms with Crippen LogP contribution in [0.25, 0.3) is 0 Å². The summed E-state index contributed by atoms with van der Waals surface area (Å²) in [5.74, 6) is 0. The number of carbonyl (C=O) groups excluding carboxylic acids is 2. The van der Waals surface area contributed by atoms with E-state index in [1.54, 1.807) is 12.1 Å². The Hall–Kier alpha value is -1.64. The minimum absolute atomic E-state index is 0.520. The summed E-state index contributed by atoms with van der Waals surface area (Å²) in [6.07, 6.45) is 2.23. The molecule has 1 aromatic rings. The third-order valence-corrected chi connectivity index (χ3v) is 2.05. The van der Waals surface area contributed by atoms with Crippen molar-refractivity contribution in [1.82, 2.24) is 0 Å². The standard InChI is InChI=1S/C11H13NO2/c1-12(7-2-8-13)11-5-3-10(9-14)4-6-11/h3-6,8-9H,2,7H2,1H3. The van der Waals surface area contributed by atoms with E-state index in [9.17, 15) is 9.59 Å². The van der Waals surface area contributed by atoms with Crippen molar-refractivity contribution in [3.63, 3.8) is 0 Å². The van der Waals surface area contributed by atoms with E-state index in [0.717, 1.165) is 18.3 Å². The first kappa shape index (κ1) is 10.4. The van der Waals surface area contributed by atoms with Gasteiger partial charge in [-0.1, -0.05) is 0 Å². The maximum atomic E-state index is 10.4. The second-order valence-electron chi connectivity index (χ2n) is 3.09. The average Bonchev–Trinajstić information content (AvgIpc) is 2.26. The monoisotopic (exact) mass is 191 g/mol. The summed E-state index contributed by atoms with van der Waals surface area (Å²) in [7, 11) is 1.92. The molecule has 0 aromatic heterocycles. The minimum Gasteiger partial charge on any atom is -0.374 e. The molecule has 1 rings (SSSR count). The van der Waals surface area contributed by atoms with Crippen LogP contribution in [0.2, 0.25) is 0 Å². The maximum absolute atomic E-state index is 10.4. The van der Waals surface area contributed by atoms with Crippen LogP contribution in [0, 0.1) is 0 Å². The number of hydrogen-bond acceptors (Lipinski definition) is 3. The highest BCUT2D eigenvalue weighted by molar-refractivity contribution is 5.75. The van der Waals surface area contributed by atoms with Crippen molar-refractivity contribution in [2.45, 2.75) is 6.42 Å². The largest absolute Gasteiger partial charge is 0.374 e. The predicted molar refractivity (Wildman–Crippen MR) is 55.8 cm³/mol. The number of nitrogens with zero attached hydrogens (tertiary/aromatic N) is 1. The molecule has 0 unspecified atom stereocenters. The molecule has 0 N–H and O–H groups in total. The van der Waals surface area contributed by atoms with Crippen LogP contribution < -0.4 is 4.90 Å². The van der Waals surface area contributed by atoms with Gasteiger partial charge in [-0.3, -0.25) is 4.79 Å². The van der Waals surface area contributed by atoms with Gasteiger partial charge < -0.3 is 9.69 Å². The van der Waals surface area contributed by atoms with Crippen molar-refractivity contribution in [3.8, 4) is 0 Å². The fourth-order valence-electron chi connectivity index (χ4n) is 1.18. The second-order valence-corrected chi connectivity index (χ2v) is 3.09. The average molecular weight is 191 g/mol. The third-order valence-electron chi connectivity index (χ3n) is 2.05. The van der Waals surface area contributed by atoms with Crippen LogP contribution >= 0.6 is 0 Å². The van der Waals surface area contributed by atoms with Crippen molar-refractivity contribution in [3.05, 3.63) is 29.8 Å². The molecule has 0 atom stereocenters. The Morgan fingerprint density at radius 1 is 1.21 bits per heavy atom. The molecule has 74 valence electrons. The number of hydrogen-bond donors (Lipinski definition) is 0. The second kappa shape index (κ2) is 5.17. The van der Waals surface area contributed by atoms with Gasteiger partial charge in [0.05, 0.1) is 0 Å². The van der Waals surface area contributed by atoms with E-state index in [1.807, 2.05) is 24.1 Å². The first-order chi connectivity index (χ1) is 6.77. The Labute approximate surface area is 83.3 Å². The number of benzene rings is 1. The van der Waals surface area contributed by atoms with Crippen LogP contribution in [0.4, 0.5) is 5.69 Å². The SMILES string of the molecule is CN(CCC=O)c1ccc(C=O)cc1. The van der Waals surface area contributed by atoms with Gasteiger partial charge in [-0.25, -0.2) is 0 Å². The van der Waals surface area contributed by atoms with E-state index in [4.69, 9.17) is 0 Å². The topological polar surface area (TPSA) is 37.4 Å². The zero-order chi connectivity index (χ0) is 10.4. The maximum Gasteiger partial charge on any atom is 0.150 e. The summed E-state index contributed by atoms with van der Waals surface area (Å²) in [6.45, 7) is 0.698. The van der Waals surface area contributed by atoms with Crippen molar-refractivity contribution < 1.29 is 9.59 Å². The lowest BCUT2D eigenvalue weighted by atomic mass is 10.2. The van der Waals surface area contributed by atoms with E-state index < -0.39 is 0 Å². The van der Waals surface area contributed by atoms with E-state index in [-0.39, 0.29) is 0 Å². The molecule has 14 heavy (non-hydrogen) atoms. The smallest absolute Gasteiger partial charge is 0.150 e. The Kier molecular flexibility index (Phi) is 3.85. The fourth-order valence-corrected chi connectivity index (χ4v) is 1.18. The third kappa shape index (κ3) is 2.69. The van der Waals surface area contributed by atoms with Gasteiger partial charge in [0.2, 0.25) is 0 Å². The Morgan fingerprint density at radius 2 is 1.86 bits per heavy atom. The number of aldehydes is 2. The number of carbonyl (C=O) groups is 2. The lowest BCUT2D eigenvalue weighted by Gasteiger charge is -2.17. The molecule has 0 spiro atoms. The molecule has 0 saturated carbocycles. The molecule has 0 aliphatic rings. The van der Waals surface area contributed by atoms with Crippen LogP contribution in [0.15, 0.2) is 24.3 Å². The van der Waals surface area contributed by atoms with Gasteiger partial charge in [0, 0.05) is 31.3 Å². The molecule has 0 heterocycles. The molecular weight excluding hydrogens is 178 g/mol. The number of rotatable bonds is 5. The first-order valence-corrected chi connectivity index (χ1v) is 4.48. The highest BCUT2D eigenvalue weighted by Gasteiger charge is 1.99. The normalized spacial score (nSPS) is 9.50. The van der Waals surface area contributed by atoms with Gasteiger partial charge in [-0.15, -0.1) is 0 Å². The van der Waals surface area contributed by atoms with Crippen LogP contribution in [-0.4, -0.2) is 26.2 Å². The lowest BCUT2D eigenvalue weighted by molar-refractivity contribution is -0.107. The van der Waals surface area contributed by atoms with Gasteiger partial charge in [-0.05, 0) is 24.3 Å². The molecule has 0 fully saturated rings. The highest BCUT2D eigenvalue weighted by Crippen LogP contribution is 2.12. The van der Waals surface area contributed by atoms with Crippen molar-refractivity contribution in [1.29, 1.82) is 0 Å². The Bertz CT molecular complexity index is 306. The van der Waals surface area contributed by atoms with Crippen molar-refractivity contribution in [2.24, 2.45) is 0 Å². The minimum atomic E-state index is 0.520. The van der Waals surface area contributed by atoms with E-state index in [2.05, 4.69) is 0 Å². The quantitative estimate of drug-likeness (QED) is 0.662. The summed E-state index contributed by atoms with van der Waals surface area (Å²) < 4.78 is 0. The van der Waals surface area contributed by atoms with E-state index in [0.29, 0.717) is 18.5 Å². The first-order valence-electron chi connectivity index (χ1n) is 4.48. The van der Waals surface area contributed by atoms with Crippen molar-refractivity contribution >= 4 is 18.3 Å². The van der Waals surface area contributed by atoms with Gasteiger partial charge >= 0.3 is 0 Å².